The van der Waals surface area contributed by atoms with Gasteiger partial charge >= 0.3 is 0 Å². The van der Waals surface area contributed by atoms with Gasteiger partial charge in [-0.05, 0) is 169 Å². The maximum atomic E-state index is 14.2. The minimum Gasteiger partial charge on any atom is -0.351 e. The van der Waals surface area contributed by atoms with E-state index >= 15 is 0 Å². The number of hydrogen-bond donors (Lipinski definition) is 0. The Balaban J connectivity index is 0.000000139. The fourth-order valence-corrected chi connectivity index (χ4v) is 15.3. The lowest BCUT2D eigenvalue weighted by molar-refractivity contribution is 0.0977. The average molecular weight is 1720 g/mol. The molecule has 0 saturated carbocycles. The van der Waals surface area contributed by atoms with Crippen LogP contribution in [0, 0.1) is 36.0 Å². The molecule has 0 atom stereocenters. The summed E-state index contributed by atoms with van der Waals surface area (Å²) in [7, 11) is 3.47. The van der Waals surface area contributed by atoms with Gasteiger partial charge in [0, 0.05) is 130 Å². The maximum Gasteiger partial charge on any atom is 0.266 e. The van der Waals surface area contributed by atoms with E-state index in [1.165, 1.54) is 74.5 Å². The maximum absolute atomic E-state index is 14.2. The van der Waals surface area contributed by atoms with E-state index in [4.69, 9.17) is 46.4 Å². The van der Waals surface area contributed by atoms with Gasteiger partial charge in [0.25, 0.3) is 11.9 Å². The predicted molar refractivity (Wildman–Crippen MR) is 456 cm³/mol. The first-order chi connectivity index (χ1) is 58.3. The van der Waals surface area contributed by atoms with Crippen molar-refractivity contribution < 1.29 is 41.1 Å². The number of ketones is 4. The zero-order valence-corrected chi connectivity index (χ0v) is 69.7. The summed E-state index contributed by atoms with van der Waals surface area (Å²) in [6.07, 6.45) is 16.4. The van der Waals surface area contributed by atoms with Crippen molar-refractivity contribution in [1.82, 2.24) is 75.3 Å². The molecule has 6 aromatic heterocycles. The zero-order valence-electron chi connectivity index (χ0n) is 66.7. The summed E-state index contributed by atoms with van der Waals surface area (Å²) < 4.78 is 68.5. The number of carbonyl (C=O) groups excluding carboxylic acids is 4. The van der Waals surface area contributed by atoms with Gasteiger partial charge in [-0.1, -0.05) is 140 Å². The van der Waals surface area contributed by atoms with E-state index < -0.39 is 34.6 Å². The van der Waals surface area contributed by atoms with Crippen molar-refractivity contribution in [3.8, 4) is 0 Å². The number of Topliss-reactive ketones (excluding diaryl/α,β-unsaturated/α-hetero) is 4. The second-order valence-electron chi connectivity index (χ2n) is 29.2. The monoisotopic (exact) mass is 1710 g/mol. The van der Waals surface area contributed by atoms with E-state index in [1.54, 1.807) is 69.6 Å². The molecule has 6 aromatic carbocycles. The average Bonchev–Trinajstić information content (AvgIpc) is 1.76. The molecule has 12 aromatic rings. The summed E-state index contributed by atoms with van der Waals surface area (Å²) in [5, 5.41) is 26.0. The van der Waals surface area contributed by atoms with E-state index in [0.29, 0.717) is 101 Å². The molecule has 23 nitrogen and oxygen atoms in total. The normalized spacial score (nSPS) is 14.2. The lowest BCUT2D eigenvalue weighted by atomic mass is 9.93. The highest BCUT2D eigenvalue weighted by molar-refractivity contribution is 6.35. The van der Waals surface area contributed by atoms with Gasteiger partial charge in [-0.25, -0.2) is 31.9 Å². The second-order valence-corrected chi connectivity index (χ2v) is 30.9. The Morgan fingerprint density at radius 2 is 0.909 bits per heavy atom. The molecular weight excluding hydrogens is 1640 g/mol. The van der Waals surface area contributed by atoms with Gasteiger partial charge in [0.1, 0.15) is 29.1 Å². The Labute approximate surface area is 714 Å². The van der Waals surface area contributed by atoms with Crippen LogP contribution in [0.4, 0.5) is 45.5 Å². The topological polar surface area (TPSA) is 259 Å². The summed E-state index contributed by atoms with van der Waals surface area (Å²) in [4.78, 5) is 91.4. The molecule has 32 heteroatoms. The number of carbonyl (C=O) groups is 4. The molecule has 16 rings (SSSR count). The first-order valence-electron chi connectivity index (χ1n) is 38.6. The number of aryl methyl sites for hydroxylation is 3. The molecule has 10 heterocycles. The summed E-state index contributed by atoms with van der Waals surface area (Å²) in [6, 6.07) is 35.1. The molecule has 618 valence electrons. The van der Waals surface area contributed by atoms with Crippen LogP contribution in [0.1, 0.15) is 138 Å². The summed E-state index contributed by atoms with van der Waals surface area (Å²) in [6.45, 7) is 13.8. The molecule has 0 radical (unpaired) electrons. The third-order valence-electron chi connectivity index (χ3n) is 20.9. The number of nitrogens with zero attached hydrogens (tertiary/aromatic N) is 19. The van der Waals surface area contributed by atoms with Crippen LogP contribution in [-0.4, -0.2) is 151 Å². The Kier molecular flexibility index (Phi) is 28.3. The molecule has 0 aliphatic carbocycles. The van der Waals surface area contributed by atoms with Crippen molar-refractivity contribution in [2.45, 2.75) is 79.1 Å². The smallest absolute Gasteiger partial charge is 0.266 e. The van der Waals surface area contributed by atoms with Gasteiger partial charge in [0.15, 0.2) is 34.8 Å². The molecule has 0 unspecified atom stereocenters. The van der Waals surface area contributed by atoms with Crippen molar-refractivity contribution in [3.05, 3.63) is 322 Å². The fraction of sp³-hybridized carbons (Fsp3) is 0.247. The van der Waals surface area contributed by atoms with Crippen LogP contribution in [0.5, 0.6) is 0 Å². The quantitative estimate of drug-likeness (QED) is 0.0507. The number of hydrogen-bond acceptors (Lipinski definition) is 21. The van der Waals surface area contributed by atoms with Crippen LogP contribution in [0.25, 0.3) is 22.3 Å². The van der Waals surface area contributed by atoms with Crippen LogP contribution in [0.15, 0.2) is 205 Å². The number of halogens is 9. The Bertz CT molecular complexity index is 5920. The van der Waals surface area contributed by atoms with E-state index in [-0.39, 0.29) is 63.6 Å². The molecule has 0 saturated heterocycles. The zero-order chi connectivity index (χ0) is 85.5. The predicted octanol–water partition coefficient (Wildman–Crippen LogP) is 17.1. The highest BCUT2D eigenvalue weighted by Crippen LogP contribution is 2.35. The van der Waals surface area contributed by atoms with Crippen LogP contribution >= 0.6 is 46.4 Å². The molecule has 0 spiro atoms. The number of aromatic nitrogens is 15. The van der Waals surface area contributed by atoms with Crippen molar-refractivity contribution in [1.29, 1.82) is 0 Å². The highest BCUT2D eigenvalue weighted by Gasteiger charge is 2.29. The minimum atomic E-state index is -0.830. The van der Waals surface area contributed by atoms with E-state index in [0.717, 1.165) is 114 Å². The van der Waals surface area contributed by atoms with E-state index in [2.05, 4.69) is 101 Å². The van der Waals surface area contributed by atoms with Crippen LogP contribution < -0.4 is 19.6 Å². The third kappa shape index (κ3) is 21.8. The Hall–Kier alpha value is -12.5. The largest absolute Gasteiger partial charge is 0.351 e. The number of rotatable bonds is 20. The van der Waals surface area contributed by atoms with Crippen LogP contribution in [-0.2, 0) is 39.8 Å². The molecule has 4 aliphatic rings. The van der Waals surface area contributed by atoms with Crippen molar-refractivity contribution in [2.24, 2.45) is 14.1 Å². The summed E-state index contributed by atoms with van der Waals surface area (Å²) >= 11 is 24.7. The summed E-state index contributed by atoms with van der Waals surface area (Å²) in [5.41, 5.74) is 15.6. The Morgan fingerprint density at radius 1 is 0.405 bits per heavy atom. The fourth-order valence-electron chi connectivity index (χ4n) is 14.2. The van der Waals surface area contributed by atoms with Crippen molar-refractivity contribution in [2.75, 3.05) is 72.0 Å². The molecule has 0 N–H and O–H groups in total. The number of pyridine rings is 1. The van der Waals surface area contributed by atoms with Crippen LogP contribution in [0.2, 0.25) is 15.1 Å². The second kappa shape index (κ2) is 39.6. The van der Waals surface area contributed by atoms with Gasteiger partial charge in [0.2, 0.25) is 0 Å². The van der Waals surface area contributed by atoms with Gasteiger partial charge in [-0.2, -0.15) is 9.59 Å². The van der Waals surface area contributed by atoms with Gasteiger partial charge in [-0.3, -0.25) is 44.1 Å². The first kappa shape index (κ1) is 86.4. The molecule has 121 heavy (non-hydrogen) atoms. The van der Waals surface area contributed by atoms with E-state index in [1.807, 2.05) is 72.2 Å². The van der Waals surface area contributed by atoms with E-state index in [9.17, 15) is 41.1 Å². The molecule has 4 aliphatic heterocycles. The minimum absolute atomic E-state index is 0.00192. The number of benzene rings is 6. The lowest BCUT2D eigenvalue weighted by Gasteiger charge is -2.31. The van der Waals surface area contributed by atoms with Gasteiger partial charge in [0.05, 0.1) is 88.9 Å². The molecule has 0 bridgehead atoms. The highest BCUT2D eigenvalue weighted by atomic mass is 35.5. The molecular formula is C89H80Cl4F5N19O4. The summed E-state index contributed by atoms with van der Waals surface area (Å²) in [5.74, 6) is -1.84. The van der Waals surface area contributed by atoms with Crippen molar-refractivity contribution in [3.63, 3.8) is 0 Å². The number of anilines is 4. The van der Waals surface area contributed by atoms with Crippen molar-refractivity contribution >= 4 is 115 Å². The molecule has 0 fully saturated rings. The standard InChI is InChI=1S/C24H21F2N3O.C23H19ClF2N4O.C23H24ClN5O.C19H16Cl2FN7O/c1-16-9-12-29(23-14-27-10-11-28-23)15-19(16)18-7-5-17(6-8-18)13-22(30)24-20(25)3-2-4-21(24)26;1-14-6-8-30(23-20(26)3-2-7-27-23)13-18(14)21-12-28-16(11-29-21)10-22(31)17-5-4-15(25)9-19(17)24;1-15-11-12-29(23-25-27-28(3)26-23)14-19(15)18-9-7-17(8-10-18)13-21(30)22-16(2)5-4-6-20(22)24;1-28-26-19(25-27-28)29-5-4-16(21)14(10-29)17-9-23-12(8-24-17)7-18(30)13-6-11(22)2-3-15(13)20/h2-8,10-11,14H,9,12-13,15H2,1H3;2-5,7,9,11-12H,6,8,10,13H2,1H3;4-10H,11-14H2,1-3H3;2-3,6,8-9H,4-5,7,10H2,1H3. The lowest BCUT2D eigenvalue weighted by Crippen LogP contribution is -2.32. The van der Waals surface area contributed by atoms with Crippen LogP contribution in [0.3, 0.4) is 0 Å². The third-order valence-corrected chi connectivity index (χ3v) is 22.2. The van der Waals surface area contributed by atoms with Gasteiger partial charge in [-0.15, -0.1) is 10.2 Å². The molecule has 0 amide bonds. The number of tetrazole rings is 2. The van der Waals surface area contributed by atoms with Gasteiger partial charge < -0.3 is 19.6 Å². The Morgan fingerprint density at radius 3 is 1.45 bits per heavy atom. The SMILES string of the molecule is CC1=C(c2ccc(CC(=O)c3c(C)cccc3Cl)cc2)CN(c2nnn(C)n2)CC1.CC1=C(c2ccc(CC(=O)c3c(F)cccc3F)cc2)CN(c2cnccn2)CC1.CC1=C(c2cnc(CC(=O)c3ccc(F)cc3Cl)cn2)CN(c2ncccc2F)CC1.Cn1nnc(N2CCC(Cl)=C(c3cnc(CC(=O)c4cc(F)ccc4Cl)cn3)C2)n1. The first-order valence-corrected chi connectivity index (χ1v) is 40.1.